The van der Waals surface area contributed by atoms with Gasteiger partial charge in [-0.15, -0.1) is 11.3 Å². The van der Waals surface area contributed by atoms with Gasteiger partial charge in [0.15, 0.2) is 0 Å². The fraction of sp³-hybridized carbons (Fsp3) is 0.150. The van der Waals surface area contributed by atoms with Crippen LogP contribution in [0.15, 0.2) is 47.8 Å². The number of hydrogen-bond donors (Lipinski definition) is 3. The van der Waals surface area contributed by atoms with E-state index in [4.69, 9.17) is 0 Å². The van der Waals surface area contributed by atoms with Crippen molar-refractivity contribution in [3.8, 4) is 17.0 Å². The van der Waals surface area contributed by atoms with Crippen LogP contribution in [0.25, 0.3) is 11.3 Å². The zero-order valence-electron chi connectivity index (χ0n) is 14.9. The van der Waals surface area contributed by atoms with E-state index in [0.717, 1.165) is 16.8 Å². The number of benzene rings is 2. The molecule has 0 saturated carbocycles. The lowest BCUT2D eigenvalue weighted by Gasteiger charge is -2.07. The molecule has 0 unspecified atom stereocenters. The quantitative estimate of drug-likeness (QED) is 0.583. The van der Waals surface area contributed by atoms with Crippen LogP contribution in [0, 0.1) is 6.92 Å². The summed E-state index contributed by atoms with van der Waals surface area (Å²) in [6.45, 7) is 3.31. The van der Waals surface area contributed by atoms with E-state index in [0.29, 0.717) is 16.4 Å². The third kappa shape index (κ3) is 4.71. The van der Waals surface area contributed by atoms with Crippen molar-refractivity contribution in [2.45, 2.75) is 20.3 Å². The highest BCUT2D eigenvalue weighted by molar-refractivity contribution is 7.10. The van der Waals surface area contributed by atoms with Crippen molar-refractivity contribution in [2.24, 2.45) is 0 Å². The summed E-state index contributed by atoms with van der Waals surface area (Å²) in [5, 5.41) is 17.8. The first kappa shape index (κ1) is 18.6. The maximum Gasteiger partial charge on any atom is 0.231 e. The molecular weight excluding hydrogens is 362 g/mol. The minimum atomic E-state index is -0.269. The highest BCUT2D eigenvalue weighted by atomic mass is 32.1. The first-order valence-corrected chi connectivity index (χ1v) is 9.21. The van der Waals surface area contributed by atoms with Crippen molar-refractivity contribution in [3.63, 3.8) is 0 Å². The lowest BCUT2D eigenvalue weighted by atomic mass is 10.1. The van der Waals surface area contributed by atoms with Gasteiger partial charge in [0.25, 0.3) is 0 Å². The zero-order chi connectivity index (χ0) is 19.4. The van der Waals surface area contributed by atoms with Crippen LogP contribution in [0.5, 0.6) is 5.75 Å². The van der Waals surface area contributed by atoms with E-state index in [1.54, 1.807) is 12.1 Å². The van der Waals surface area contributed by atoms with Gasteiger partial charge in [-0.3, -0.25) is 9.59 Å². The minimum absolute atomic E-state index is 0.0120. The molecule has 1 aromatic heterocycles. The molecule has 6 nitrogen and oxygen atoms in total. The second kappa shape index (κ2) is 8.01. The maximum atomic E-state index is 12.3. The molecule has 3 rings (SSSR count). The van der Waals surface area contributed by atoms with E-state index in [1.807, 2.05) is 36.6 Å². The molecule has 0 fully saturated rings. The normalized spacial score (nSPS) is 10.4. The lowest BCUT2D eigenvalue weighted by molar-refractivity contribution is -0.116. The number of anilines is 2. The van der Waals surface area contributed by atoms with Crippen LogP contribution in [-0.4, -0.2) is 21.9 Å². The first-order valence-electron chi connectivity index (χ1n) is 8.33. The van der Waals surface area contributed by atoms with Gasteiger partial charge in [-0.1, -0.05) is 18.2 Å². The second-order valence-electron chi connectivity index (χ2n) is 6.08. The summed E-state index contributed by atoms with van der Waals surface area (Å²) in [6, 6.07) is 12.5. The molecule has 0 aliphatic carbocycles. The molecule has 0 radical (unpaired) electrons. The van der Waals surface area contributed by atoms with Crippen LogP contribution in [0.3, 0.4) is 0 Å². The maximum absolute atomic E-state index is 12.3. The number of amides is 2. The number of carbonyl (C=O) groups excluding carboxylic acids is 2. The Hall–Kier alpha value is -3.19. The second-order valence-corrected chi connectivity index (χ2v) is 7.02. The number of rotatable bonds is 5. The summed E-state index contributed by atoms with van der Waals surface area (Å²) in [6.07, 6.45) is 0.176. The van der Waals surface area contributed by atoms with Crippen molar-refractivity contribution in [3.05, 3.63) is 58.4 Å². The Labute approximate surface area is 160 Å². The van der Waals surface area contributed by atoms with Gasteiger partial charge in [0.05, 0.1) is 17.8 Å². The van der Waals surface area contributed by atoms with E-state index < -0.39 is 0 Å². The highest BCUT2D eigenvalue weighted by Gasteiger charge is 2.12. The van der Waals surface area contributed by atoms with Crippen LogP contribution in [0.1, 0.15) is 17.5 Å². The number of aromatic nitrogens is 1. The van der Waals surface area contributed by atoms with Crippen LogP contribution in [0.2, 0.25) is 0 Å². The molecule has 2 aromatic carbocycles. The lowest BCUT2D eigenvalue weighted by Crippen LogP contribution is -2.14. The number of nitrogens with zero attached hydrogens (tertiary/aromatic N) is 1. The van der Waals surface area contributed by atoms with Gasteiger partial charge in [0.1, 0.15) is 10.8 Å². The predicted molar refractivity (Wildman–Crippen MR) is 107 cm³/mol. The van der Waals surface area contributed by atoms with E-state index in [1.165, 1.54) is 24.3 Å². The molecular formula is C20H19N3O3S. The van der Waals surface area contributed by atoms with Gasteiger partial charge in [-0.25, -0.2) is 4.98 Å². The summed E-state index contributed by atoms with van der Waals surface area (Å²) < 4.78 is 0. The molecule has 7 heteroatoms. The van der Waals surface area contributed by atoms with E-state index in [2.05, 4.69) is 15.6 Å². The number of phenols is 1. The Bertz CT molecular complexity index is 998. The highest BCUT2D eigenvalue weighted by Crippen LogP contribution is 2.30. The average Bonchev–Trinajstić information content (AvgIpc) is 3.07. The molecule has 3 N–H and O–H groups in total. The standard InChI is InChI=1S/C20H19N3O3S/c1-12-5-3-4-6-15(12)22-19(26)10-20-23-17(11-27-20)14-7-8-18(25)16(9-14)21-13(2)24/h3-9,11,25H,10H2,1-2H3,(H,21,24)(H,22,26). The molecule has 138 valence electrons. The topological polar surface area (TPSA) is 91.3 Å². The molecule has 0 bridgehead atoms. The van der Waals surface area contributed by atoms with Crippen LogP contribution >= 0.6 is 11.3 Å². The fourth-order valence-corrected chi connectivity index (χ4v) is 3.36. The molecule has 0 aliphatic heterocycles. The smallest absolute Gasteiger partial charge is 0.231 e. The number of aryl methyl sites for hydroxylation is 1. The monoisotopic (exact) mass is 381 g/mol. The summed E-state index contributed by atoms with van der Waals surface area (Å²) in [5.41, 5.74) is 3.55. The van der Waals surface area contributed by atoms with Crippen molar-refractivity contribution in [2.75, 3.05) is 10.6 Å². The van der Waals surface area contributed by atoms with Crippen molar-refractivity contribution in [1.29, 1.82) is 0 Å². The Kier molecular flexibility index (Phi) is 5.52. The SMILES string of the molecule is CC(=O)Nc1cc(-c2csc(CC(=O)Nc3ccccc3C)n2)ccc1O. The zero-order valence-corrected chi connectivity index (χ0v) is 15.8. The number of phenolic OH excluding ortho intramolecular Hbond substituents is 1. The molecule has 0 aliphatic rings. The van der Waals surface area contributed by atoms with Gasteiger partial charge in [-0.05, 0) is 36.8 Å². The Balaban J connectivity index is 1.72. The molecule has 3 aromatic rings. The number of thiazole rings is 1. The number of carbonyl (C=O) groups is 2. The van der Waals surface area contributed by atoms with Crippen molar-refractivity contribution in [1.82, 2.24) is 4.98 Å². The molecule has 2 amide bonds. The third-order valence-electron chi connectivity index (χ3n) is 3.89. The molecule has 0 spiro atoms. The Morgan fingerprint density at radius 3 is 2.63 bits per heavy atom. The molecule has 0 atom stereocenters. The van der Waals surface area contributed by atoms with E-state index in [-0.39, 0.29) is 24.0 Å². The van der Waals surface area contributed by atoms with E-state index >= 15 is 0 Å². The largest absolute Gasteiger partial charge is 0.506 e. The van der Waals surface area contributed by atoms with E-state index in [9.17, 15) is 14.7 Å². The van der Waals surface area contributed by atoms with Crippen LogP contribution < -0.4 is 10.6 Å². The molecule has 27 heavy (non-hydrogen) atoms. The molecule has 0 saturated heterocycles. The van der Waals surface area contributed by atoms with Gasteiger partial charge >= 0.3 is 0 Å². The van der Waals surface area contributed by atoms with Crippen LogP contribution in [-0.2, 0) is 16.0 Å². The predicted octanol–water partition coefficient (Wildman–Crippen LogP) is 3.96. The van der Waals surface area contributed by atoms with Crippen LogP contribution in [0.4, 0.5) is 11.4 Å². The Morgan fingerprint density at radius 2 is 1.89 bits per heavy atom. The average molecular weight is 381 g/mol. The summed E-state index contributed by atoms with van der Waals surface area (Å²) >= 11 is 1.39. The van der Waals surface area contributed by atoms with Gasteiger partial charge in [0.2, 0.25) is 11.8 Å². The number of para-hydroxylation sites is 1. The summed E-state index contributed by atoms with van der Waals surface area (Å²) in [4.78, 5) is 28.0. The summed E-state index contributed by atoms with van der Waals surface area (Å²) in [7, 11) is 0. The number of aromatic hydroxyl groups is 1. The van der Waals surface area contributed by atoms with Gasteiger partial charge in [-0.2, -0.15) is 0 Å². The Morgan fingerprint density at radius 1 is 1.11 bits per heavy atom. The minimum Gasteiger partial charge on any atom is -0.506 e. The fourth-order valence-electron chi connectivity index (χ4n) is 2.55. The third-order valence-corrected chi connectivity index (χ3v) is 4.73. The number of hydrogen-bond acceptors (Lipinski definition) is 5. The van der Waals surface area contributed by atoms with Crippen molar-refractivity contribution < 1.29 is 14.7 Å². The summed E-state index contributed by atoms with van der Waals surface area (Å²) in [5.74, 6) is -0.411. The first-order chi connectivity index (χ1) is 12.9. The number of nitrogens with one attached hydrogen (secondary N) is 2. The van der Waals surface area contributed by atoms with Crippen molar-refractivity contribution >= 4 is 34.5 Å². The van der Waals surface area contributed by atoms with Gasteiger partial charge in [0, 0.05) is 23.6 Å². The van der Waals surface area contributed by atoms with Gasteiger partial charge < -0.3 is 15.7 Å². The molecule has 1 heterocycles.